The first kappa shape index (κ1) is 20.3. The van der Waals surface area contributed by atoms with Crippen molar-refractivity contribution in [3.8, 4) is 5.75 Å². The normalized spacial score (nSPS) is 16.9. The van der Waals surface area contributed by atoms with Gasteiger partial charge in [0.15, 0.2) is 0 Å². The topological polar surface area (TPSA) is 84.9 Å². The van der Waals surface area contributed by atoms with E-state index in [4.69, 9.17) is 9.47 Å². The highest BCUT2D eigenvalue weighted by molar-refractivity contribution is 7.89. The van der Waals surface area contributed by atoms with E-state index < -0.39 is 10.0 Å². The lowest BCUT2D eigenvalue weighted by atomic mass is 10.2. The quantitative estimate of drug-likeness (QED) is 0.767. The van der Waals surface area contributed by atoms with Gasteiger partial charge in [0.05, 0.1) is 23.8 Å². The minimum atomic E-state index is -3.64. The van der Waals surface area contributed by atoms with Crippen molar-refractivity contribution in [2.45, 2.75) is 23.8 Å². The molecule has 0 aromatic heterocycles. The van der Waals surface area contributed by atoms with E-state index in [1.54, 1.807) is 31.3 Å². The van der Waals surface area contributed by atoms with Crippen LogP contribution in [0.1, 0.15) is 23.2 Å². The number of methoxy groups -OCH3 is 1. The van der Waals surface area contributed by atoms with Crippen LogP contribution in [-0.4, -0.2) is 52.0 Å². The minimum Gasteiger partial charge on any atom is -0.495 e. The molecule has 3 rings (SSSR count). The number of amides is 1. The zero-order chi connectivity index (χ0) is 20.1. The number of rotatable bonds is 7. The first-order valence-corrected chi connectivity index (χ1v) is 10.5. The maximum Gasteiger partial charge on any atom is 0.255 e. The van der Waals surface area contributed by atoms with Gasteiger partial charge < -0.3 is 14.8 Å². The second kappa shape index (κ2) is 8.72. The van der Waals surface area contributed by atoms with Gasteiger partial charge in [-0.3, -0.25) is 4.79 Å². The lowest BCUT2D eigenvalue weighted by molar-refractivity contribution is 0.0979. The number of benzene rings is 2. The average molecular weight is 404 g/mol. The Hall–Kier alpha value is -2.42. The summed E-state index contributed by atoms with van der Waals surface area (Å²) in [5, 5.41) is 2.77. The van der Waals surface area contributed by atoms with Gasteiger partial charge in [-0.25, -0.2) is 8.42 Å². The fraction of sp³-hybridized carbons (Fsp3) is 0.350. The van der Waals surface area contributed by atoms with Crippen LogP contribution in [-0.2, 0) is 14.8 Å². The van der Waals surface area contributed by atoms with Crippen LogP contribution in [0.15, 0.2) is 53.4 Å². The van der Waals surface area contributed by atoms with Gasteiger partial charge in [-0.1, -0.05) is 12.1 Å². The molecule has 0 spiro atoms. The smallest absolute Gasteiger partial charge is 0.255 e. The third kappa shape index (κ3) is 4.52. The number of likely N-dealkylation sites (N-methyl/N-ethyl adjacent to an activating group) is 1. The predicted octanol–water partition coefficient (Wildman–Crippen LogP) is 2.75. The molecule has 8 heteroatoms. The number of hydrogen-bond acceptors (Lipinski definition) is 5. The standard InChI is InChI=1S/C20H24N2O5S/c1-22(14-16-6-5-13-27-16)28(24,25)17-11-9-15(10-12-17)20(23)21-18-7-3-4-8-19(18)26-2/h3-4,7-12,16H,5-6,13-14H2,1-2H3,(H,21,23). The molecule has 1 amide bonds. The van der Waals surface area contributed by atoms with E-state index in [-0.39, 0.29) is 16.9 Å². The van der Waals surface area contributed by atoms with Crippen LogP contribution in [0.4, 0.5) is 5.69 Å². The van der Waals surface area contributed by atoms with E-state index in [9.17, 15) is 13.2 Å². The highest BCUT2D eigenvalue weighted by Crippen LogP contribution is 2.24. The van der Waals surface area contributed by atoms with Crippen molar-refractivity contribution in [3.05, 3.63) is 54.1 Å². The molecular formula is C20H24N2O5S. The molecule has 0 radical (unpaired) electrons. The van der Waals surface area contributed by atoms with Gasteiger partial charge in [0.25, 0.3) is 5.91 Å². The molecule has 1 fully saturated rings. The molecule has 28 heavy (non-hydrogen) atoms. The summed E-state index contributed by atoms with van der Waals surface area (Å²) in [7, 11) is -0.570. The first-order valence-electron chi connectivity index (χ1n) is 9.04. The van der Waals surface area contributed by atoms with Crippen LogP contribution in [0, 0.1) is 0 Å². The van der Waals surface area contributed by atoms with Gasteiger partial charge in [-0.15, -0.1) is 0 Å². The Morgan fingerprint density at radius 2 is 1.93 bits per heavy atom. The number of carbonyl (C=O) groups excluding carboxylic acids is 1. The Labute approximate surface area is 165 Å². The van der Waals surface area contributed by atoms with Crippen LogP contribution in [0.25, 0.3) is 0 Å². The second-order valence-electron chi connectivity index (χ2n) is 6.60. The van der Waals surface area contributed by atoms with Gasteiger partial charge in [0.2, 0.25) is 10.0 Å². The second-order valence-corrected chi connectivity index (χ2v) is 8.64. The van der Waals surface area contributed by atoms with Crippen molar-refractivity contribution in [1.82, 2.24) is 4.31 Å². The number of ether oxygens (including phenoxy) is 2. The molecule has 2 aromatic carbocycles. The highest BCUT2D eigenvalue weighted by Gasteiger charge is 2.26. The molecule has 150 valence electrons. The monoisotopic (exact) mass is 404 g/mol. The fourth-order valence-electron chi connectivity index (χ4n) is 3.07. The third-order valence-electron chi connectivity index (χ3n) is 4.66. The molecule has 7 nitrogen and oxygen atoms in total. The van der Waals surface area contributed by atoms with Crippen LogP contribution in [0.5, 0.6) is 5.75 Å². The SMILES string of the molecule is COc1ccccc1NC(=O)c1ccc(S(=O)(=O)N(C)CC2CCCO2)cc1. The summed E-state index contributed by atoms with van der Waals surface area (Å²) in [6.07, 6.45) is 1.75. The van der Waals surface area contributed by atoms with Gasteiger partial charge in [-0.2, -0.15) is 4.31 Å². The molecule has 1 saturated heterocycles. The maximum atomic E-state index is 12.7. The summed E-state index contributed by atoms with van der Waals surface area (Å²) in [4.78, 5) is 12.6. The lowest BCUT2D eigenvalue weighted by Gasteiger charge is -2.20. The summed E-state index contributed by atoms with van der Waals surface area (Å²) < 4.78 is 37.5. The fourth-order valence-corrected chi connectivity index (χ4v) is 4.28. The molecule has 1 heterocycles. The summed E-state index contributed by atoms with van der Waals surface area (Å²) in [5.41, 5.74) is 0.898. The molecule has 0 saturated carbocycles. The third-order valence-corrected chi connectivity index (χ3v) is 6.50. The molecular weight excluding hydrogens is 380 g/mol. The predicted molar refractivity (Wildman–Crippen MR) is 106 cm³/mol. The largest absolute Gasteiger partial charge is 0.495 e. The Balaban J connectivity index is 1.70. The van der Waals surface area contributed by atoms with Crippen LogP contribution in [0.3, 0.4) is 0 Å². The van der Waals surface area contributed by atoms with Gasteiger partial charge in [0.1, 0.15) is 5.75 Å². The molecule has 0 bridgehead atoms. The number of para-hydroxylation sites is 2. The highest BCUT2D eigenvalue weighted by atomic mass is 32.2. The van der Waals surface area contributed by atoms with Gasteiger partial charge in [0, 0.05) is 25.8 Å². The first-order chi connectivity index (χ1) is 13.4. The van der Waals surface area contributed by atoms with E-state index in [0.29, 0.717) is 30.2 Å². The molecule has 1 atom stereocenters. The van der Waals surface area contributed by atoms with Crippen LogP contribution in [0.2, 0.25) is 0 Å². The maximum absolute atomic E-state index is 12.7. The average Bonchev–Trinajstić information content (AvgIpc) is 3.21. The molecule has 2 aromatic rings. The number of nitrogens with zero attached hydrogens (tertiary/aromatic N) is 1. The van der Waals surface area contributed by atoms with E-state index >= 15 is 0 Å². The Bertz CT molecular complexity index is 922. The van der Waals surface area contributed by atoms with Crippen molar-refractivity contribution < 1.29 is 22.7 Å². The summed E-state index contributed by atoms with van der Waals surface area (Å²) in [6.45, 7) is 0.993. The zero-order valence-corrected chi connectivity index (χ0v) is 16.7. The van der Waals surface area contributed by atoms with E-state index in [1.165, 1.54) is 35.7 Å². The lowest BCUT2D eigenvalue weighted by Crippen LogP contribution is -2.34. The number of sulfonamides is 1. The Morgan fingerprint density at radius 3 is 2.57 bits per heavy atom. The van der Waals surface area contributed by atoms with Gasteiger partial charge in [-0.05, 0) is 49.2 Å². The van der Waals surface area contributed by atoms with Crippen molar-refractivity contribution in [2.75, 3.05) is 32.6 Å². The Kier molecular flexibility index (Phi) is 6.33. The Morgan fingerprint density at radius 1 is 1.21 bits per heavy atom. The number of anilines is 1. The van der Waals surface area contributed by atoms with Gasteiger partial charge >= 0.3 is 0 Å². The van der Waals surface area contributed by atoms with E-state index in [0.717, 1.165) is 12.8 Å². The van der Waals surface area contributed by atoms with E-state index in [1.807, 2.05) is 0 Å². The molecule has 1 N–H and O–H groups in total. The number of carbonyl (C=O) groups is 1. The molecule has 1 aliphatic heterocycles. The summed E-state index contributed by atoms with van der Waals surface area (Å²) in [6, 6.07) is 13.0. The molecule has 1 unspecified atom stereocenters. The summed E-state index contributed by atoms with van der Waals surface area (Å²) in [5.74, 6) is 0.201. The van der Waals surface area contributed by atoms with E-state index in [2.05, 4.69) is 5.32 Å². The number of nitrogens with one attached hydrogen (secondary N) is 1. The van der Waals surface area contributed by atoms with Crippen LogP contribution >= 0.6 is 0 Å². The number of hydrogen-bond donors (Lipinski definition) is 1. The molecule has 0 aliphatic carbocycles. The molecule has 1 aliphatic rings. The minimum absolute atomic E-state index is 0.0642. The summed E-state index contributed by atoms with van der Waals surface area (Å²) >= 11 is 0. The van der Waals surface area contributed by atoms with Crippen molar-refractivity contribution in [2.24, 2.45) is 0 Å². The van der Waals surface area contributed by atoms with Crippen molar-refractivity contribution in [3.63, 3.8) is 0 Å². The van der Waals surface area contributed by atoms with Crippen LogP contribution < -0.4 is 10.1 Å². The zero-order valence-electron chi connectivity index (χ0n) is 15.9. The van der Waals surface area contributed by atoms with Crippen molar-refractivity contribution >= 4 is 21.6 Å². The van der Waals surface area contributed by atoms with Crippen molar-refractivity contribution in [1.29, 1.82) is 0 Å².